The van der Waals surface area contributed by atoms with Crippen LogP contribution in [-0.4, -0.2) is 11.1 Å². The largest absolute Gasteiger partial charge is 0.478 e. The number of para-hydroxylation sites is 1. The van der Waals surface area contributed by atoms with Crippen LogP contribution in [0.15, 0.2) is 59.0 Å². The molecule has 3 rings (SSSR count). The predicted molar refractivity (Wildman–Crippen MR) is 84.6 cm³/mol. The first kappa shape index (κ1) is 13.8. The summed E-state index contributed by atoms with van der Waals surface area (Å²) in [6, 6.07) is 17.4. The maximum absolute atomic E-state index is 11.5. The molecule has 106 valence electrons. The Bertz CT molecular complexity index is 762. The Balaban J connectivity index is 1.80. The molecule has 0 fully saturated rings. The summed E-state index contributed by atoms with van der Waals surface area (Å²) in [7, 11) is 0. The van der Waals surface area contributed by atoms with E-state index >= 15 is 0 Å². The minimum atomic E-state index is -0.935. The molecule has 1 heterocycles. The van der Waals surface area contributed by atoms with Crippen LogP contribution in [0.5, 0.6) is 0 Å². The van der Waals surface area contributed by atoms with Crippen molar-refractivity contribution in [2.45, 2.75) is 11.5 Å². The molecular weight excluding hydrogens is 284 g/mol. The average Bonchev–Trinajstić information content (AvgIpc) is 2.86. The molecule has 1 N–H and O–H groups in total. The van der Waals surface area contributed by atoms with Crippen molar-refractivity contribution in [3.05, 3.63) is 71.5 Å². The van der Waals surface area contributed by atoms with E-state index in [4.69, 9.17) is 4.42 Å². The van der Waals surface area contributed by atoms with Crippen LogP contribution in [0.3, 0.4) is 0 Å². The summed E-state index contributed by atoms with van der Waals surface area (Å²) in [6.45, 7) is 0. The highest BCUT2D eigenvalue weighted by molar-refractivity contribution is 7.97. The molecule has 0 saturated heterocycles. The third kappa shape index (κ3) is 2.95. The molecule has 2 aromatic carbocycles. The Kier molecular flexibility index (Phi) is 3.97. The summed E-state index contributed by atoms with van der Waals surface area (Å²) >= 11 is 1.65. The van der Waals surface area contributed by atoms with E-state index in [9.17, 15) is 9.90 Å². The van der Waals surface area contributed by atoms with Crippen LogP contribution >= 0.6 is 11.8 Å². The second-order valence-corrected chi connectivity index (χ2v) is 5.67. The first-order valence-corrected chi connectivity index (χ1v) is 7.76. The topological polar surface area (TPSA) is 50.4 Å². The lowest BCUT2D eigenvalue weighted by atomic mass is 10.1. The minimum Gasteiger partial charge on any atom is -0.478 e. The molecule has 0 aliphatic rings. The Morgan fingerprint density at radius 2 is 1.71 bits per heavy atom. The summed E-state index contributed by atoms with van der Waals surface area (Å²) in [5.41, 5.74) is 2.13. The fourth-order valence-electron chi connectivity index (χ4n) is 2.27. The van der Waals surface area contributed by atoms with Gasteiger partial charge in [0, 0.05) is 11.1 Å². The van der Waals surface area contributed by atoms with Crippen molar-refractivity contribution in [1.29, 1.82) is 0 Å². The van der Waals surface area contributed by atoms with Gasteiger partial charge in [-0.2, -0.15) is 0 Å². The van der Waals surface area contributed by atoms with Crippen molar-refractivity contribution in [3.63, 3.8) is 0 Å². The lowest BCUT2D eigenvalue weighted by molar-refractivity contribution is 0.0697. The molecule has 1 aromatic heterocycles. The quantitative estimate of drug-likeness (QED) is 0.750. The molecule has 0 radical (unpaired) electrons. The molecule has 21 heavy (non-hydrogen) atoms. The lowest BCUT2D eigenvalue weighted by Crippen LogP contribution is -1.98. The van der Waals surface area contributed by atoms with E-state index in [0.29, 0.717) is 22.5 Å². The fourth-order valence-corrected chi connectivity index (χ4v) is 3.19. The van der Waals surface area contributed by atoms with Gasteiger partial charge in [0.05, 0.1) is 5.75 Å². The summed E-state index contributed by atoms with van der Waals surface area (Å²) in [5, 5.41) is 10.1. The van der Waals surface area contributed by atoms with Crippen LogP contribution < -0.4 is 0 Å². The third-order valence-electron chi connectivity index (χ3n) is 3.23. The predicted octanol–water partition coefficient (Wildman–Crippen LogP) is 4.56. The summed E-state index contributed by atoms with van der Waals surface area (Å²) < 4.78 is 5.70. The standard InChI is InChI=1S/C17H14O3S/c18-17(19)16-13-8-4-5-9-14(13)20-15(16)11-21-10-12-6-2-1-3-7-12/h1-9H,10-11H2,(H,18,19). The van der Waals surface area contributed by atoms with E-state index in [2.05, 4.69) is 12.1 Å². The number of benzene rings is 2. The number of carbonyl (C=O) groups is 1. The smallest absolute Gasteiger partial charge is 0.339 e. The molecule has 0 amide bonds. The zero-order valence-electron chi connectivity index (χ0n) is 11.3. The Morgan fingerprint density at radius 3 is 2.48 bits per heavy atom. The van der Waals surface area contributed by atoms with E-state index in [-0.39, 0.29) is 5.56 Å². The van der Waals surface area contributed by atoms with E-state index in [1.54, 1.807) is 23.9 Å². The van der Waals surface area contributed by atoms with Crippen molar-refractivity contribution in [2.24, 2.45) is 0 Å². The monoisotopic (exact) mass is 298 g/mol. The van der Waals surface area contributed by atoms with Gasteiger partial charge < -0.3 is 9.52 Å². The van der Waals surface area contributed by atoms with Crippen molar-refractivity contribution in [2.75, 3.05) is 0 Å². The minimum absolute atomic E-state index is 0.283. The second kappa shape index (κ2) is 6.06. The van der Waals surface area contributed by atoms with Crippen LogP contribution in [0.4, 0.5) is 0 Å². The highest BCUT2D eigenvalue weighted by atomic mass is 32.2. The molecule has 0 saturated carbocycles. The van der Waals surface area contributed by atoms with Gasteiger partial charge in [-0.1, -0.05) is 48.5 Å². The molecule has 0 atom stereocenters. The number of carboxylic acid groups (broad SMARTS) is 1. The molecular formula is C17H14O3S. The number of carboxylic acids is 1. The molecule has 0 bridgehead atoms. The second-order valence-electron chi connectivity index (χ2n) is 4.68. The molecule has 4 heteroatoms. The van der Waals surface area contributed by atoms with Gasteiger partial charge in [-0.25, -0.2) is 4.79 Å². The molecule has 0 unspecified atom stereocenters. The SMILES string of the molecule is O=C(O)c1c(CSCc2ccccc2)oc2ccccc12. The van der Waals surface area contributed by atoms with Crippen LogP contribution in [0.1, 0.15) is 21.7 Å². The number of fused-ring (bicyclic) bond motifs is 1. The maximum atomic E-state index is 11.5. The van der Waals surface area contributed by atoms with Crippen molar-refractivity contribution < 1.29 is 14.3 Å². The Morgan fingerprint density at radius 1 is 1.00 bits per heavy atom. The average molecular weight is 298 g/mol. The first-order valence-electron chi connectivity index (χ1n) is 6.61. The van der Waals surface area contributed by atoms with Crippen LogP contribution in [0.2, 0.25) is 0 Å². The van der Waals surface area contributed by atoms with Gasteiger partial charge in [0.25, 0.3) is 0 Å². The van der Waals surface area contributed by atoms with Gasteiger partial charge in [0.15, 0.2) is 0 Å². The molecule has 3 nitrogen and oxygen atoms in total. The van der Waals surface area contributed by atoms with Crippen LogP contribution in [0.25, 0.3) is 11.0 Å². The zero-order valence-corrected chi connectivity index (χ0v) is 12.1. The zero-order chi connectivity index (χ0) is 14.7. The number of furan rings is 1. The molecule has 0 aliphatic heterocycles. The number of aromatic carboxylic acids is 1. The maximum Gasteiger partial charge on any atom is 0.339 e. The van der Waals surface area contributed by atoms with Gasteiger partial charge in [0.1, 0.15) is 16.9 Å². The fraction of sp³-hybridized carbons (Fsp3) is 0.118. The van der Waals surface area contributed by atoms with Crippen LogP contribution in [-0.2, 0) is 11.5 Å². The van der Waals surface area contributed by atoms with Crippen molar-refractivity contribution in [3.8, 4) is 0 Å². The summed E-state index contributed by atoms with van der Waals surface area (Å²) in [4.78, 5) is 11.5. The Labute approximate surface area is 126 Å². The third-order valence-corrected chi connectivity index (χ3v) is 4.23. The highest BCUT2D eigenvalue weighted by Gasteiger charge is 2.19. The van der Waals surface area contributed by atoms with Crippen molar-refractivity contribution in [1.82, 2.24) is 0 Å². The number of rotatable bonds is 5. The summed E-state index contributed by atoms with van der Waals surface area (Å²) in [6.07, 6.45) is 0. The molecule has 0 aliphatic carbocycles. The van der Waals surface area contributed by atoms with E-state index in [1.165, 1.54) is 5.56 Å². The van der Waals surface area contributed by atoms with E-state index < -0.39 is 5.97 Å². The number of thioether (sulfide) groups is 1. The van der Waals surface area contributed by atoms with Gasteiger partial charge in [0.2, 0.25) is 0 Å². The van der Waals surface area contributed by atoms with Gasteiger partial charge in [-0.05, 0) is 11.6 Å². The molecule has 3 aromatic rings. The Hall–Kier alpha value is -2.20. The van der Waals surface area contributed by atoms with Crippen LogP contribution in [0, 0.1) is 0 Å². The number of hydrogen-bond donors (Lipinski definition) is 1. The van der Waals surface area contributed by atoms with Gasteiger partial charge in [-0.3, -0.25) is 0 Å². The van der Waals surface area contributed by atoms with Crippen molar-refractivity contribution >= 4 is 28.7 Å². The normalized spacial score (nSPS) is 10.9. The summed E-state index contributed by atoms with van der Waals surface area (Å²) in [5.74, 6) is 0.974. The first-order chi connectivity index (χ1) is 10.3. The molecule has 0 spiro atoms. The van der Waals surface area contributed by atoms with E-state index in [1.807, 2.05) is 30.3 Å². The number of hydrogen-bond acceptors (Lipinski definition) is 3. The highest BCUT2D eigenvalue weighted by Crippen LogP contribution is 2.29. The van der Waals surface area contributed by atoms with Gasteiger partial charge in [-0.15, -0.1) is 11.8 Å². The van der Waals surface area contributed by atoms with Gasteiger partial charge >= 0.3 is 5.97 Å². The van der Waals surface area contributed by atoms with E-state index in [0.717, 1.165) is 5.75 Å². The lowest BCUT2D eigenvalue weighted by Gasteiger charge is -2.01.